The van der Waals surface area contributed by atoms with Crippen LogP contribution in [0.1, 0.15) is 69.6 Å². The Hall–Kier alpha value is -5.57. The first-order valence-corrected chi connectivity index (χ1v) is 20.0. The van der Waals surface area contributed by atoms with Gasteiger partial charge in [-0.3, -0.25) is 0 Å². The number of ether oxygens (including phenoxy) is 4. The van der Waals surface area contributed by atoms with Gasteiger partial charge in [0.25, 0.3) is 0 Å². The van der Waals surface area contributed by atoms with Gasteiger partial charge in [0, 0.05) is 11.5 Å². The van der Waals surface area contributed by atoms with Gasteiger partial charge in [-0.25, -0.2) is 4.79 Å². The van der Waals surface area contributed by atoms with Gasteiger partial charge >= 0.3 is 5.97 Å². The maximum atomic E-state index is 12.9. The van der Waals surface area contributed by atoms with Crippen LogP contribution in [0.4, 0.5) is 0 Å². The molecular formula is C49H56O8. The van der Waals surface area contributed by atoms with Gasteiger partial charge in [-0.1, -0.05) is 69.3 Å². The Kier molecular flexibility index (Phi) is 16.2. The van der Waals surface area contributed by atoms with Gasteiger partial charge in [0.15, 0.2) is 0 Å². The second kappa shape index (κ2) is 21.7. The van der Waals surface area contributed by atoms with E-state index >= 15 is 0 Å². The van der Waals surface area contributed by atoms with Crippen molar-refractivity contribution in [3.05, 3.63) is 132 Å². The molecule has 0 saturated carbocycles. The van der Waals surface area contributed by atoms with Crippen molar-refractivity contribution >= 4 is 12.0 Å². The van der Waals surface area contributed by atoms with Crippen molar-refractivity contribution in [2.45, 2.75) is 65.7 Å². The molecule has 0 saturated heterocycles. The number of carbonyl (C=O) groups excluding carboxylic acids is 1. The summed E-state index contributed by atoms with van der Waals surface area (Å²) in [6.45, 7) is 7.51. The van der Waals surface area contributed by atoms with Gasteiger partial charge in [-0.15, -0.1) is 0 Å². The molecule has 0 aliphatic heterocycles. The number of phenolic OH excluding ortho intramolecular Hbond substituents is 1. The Balaban J connectivity index is 1.06. The van der Waals surface area contributed by atoms with Crippen molar-refractivity contribution in [1.29, 1.82) is 0 Å². The van der Waals surface area contributed by atoms with E-state index < -0.39 is 11.4 Å². The first-order chi connectivity index (χ1) is 27.7. The van der Waals surface area contributed by atoms with Crippen LogP contribution in [-0.2, 0) is 17.6 Å². The number of phenols is 1. The number of aliphatic hydroxyl groups is 2. The Morgan fingerprint density at radius 2 is 1.09 bits per heavy atom. The number of hydrogen-bond donors (Lipinski definition) is 3. The predicted octanol–water partition coefficient (Wildman–Crippen LogP) is 10.2. The topological polar surface area (TPSA) is 115 Å². The second-order valence-electron chi connectivity index (χ2n) is 14.6. The summed E-state index contributed by atoms with van der Waals surface area (Å²) in [4.78, 5) is 12.9. The molecule has 8 nitrogen and oxygen atoms in total. The first kappa shape index (κ1) is 42.6. The van der Waals surface area contributed by atoms with Gasteiger partial charge in [0.1, 0.15) is 28.7 Å². The average molecular weight is 773 g/mol. The molecule has 5 aromatic carbocycles. The van der Waals surface area contributed by atoms with Crippen molar-refractivity contribution in [3.8, 4) is 51.0 Å². The van der Waals surface area contributed by atoms with Crippen LogP contribution in [0.5, 0.6) is 28.7 Å². The van der Waals surface area contributed by atoms with Crippen LogP contribution in [0.25, 0.3) is 28.3 Å². The summed E-state index contributed by atoms with van der Waals surface area (Å²) >= 11 is 0. The fraction of sp³-hybridized carbons (Fsp3) is 0.327. The van der Waals surface area contributed by atoms with Crippen LogP contribution in [0.15, 0.2) is 115 Å². The van der Waals surface area contributed by atoms with Crippen LogP contribution in [0.2, 0.25) is 0 Å². The minimum Gasteiger partial charge on any atom is -0.508 e. The van der Waals surface area contributed by atoms with E-state index in [2.05, 4.69) is 19.1 Å². The molecule has 0 aromatic heterocycles. The lowest BCUT2D eigenvalue weighted by molar-refractivity contribution is -0.128. The third-order valence-electron chi connectivity index (χ3n) is 10.1. The summed E-state index contributed by atoms with van der Waals surface area (Å²) in [6, 6.07) is 34.9. The molecule has 8 heteroatoms. The molecule has 0 heterocycles. The Bertz CT molecular complexity index is 2010. The third kappa shape index (κ3) is 13.0. The zero-order chi connectivity index (χ0) is 40.5. The van der Waals surface area contributed by atoms with Crippen molar-refractivity contribution in [2.24, 2.45) is 5.41 Å². The van der Waals surface area contributed by atoms with E-state index in [9.17, 15) is 20.1 Å². The predicted molar refractivity (Wildman–Crippen MR) is 227 cm³/mol. The Morgan fingerprint density at radius 3 is 1.63 bits per heavy atom. The molecule has 0 fully saturated rings. The highest BCUT2D eigenvalue weighted by Gasteiger charge is 2.22. The quantitative estimate of drug-likeness (QED) is 0.0276. The zero-order valence-electron chi connectivity index (χ0n) is 33.4. The van der Waals surface area contributed by atoms with Crippen molar-refractivity contribution in [3.63, 3.8) is 0 Å². The molecule has 5 aromatic rings. The van der Waals surface area contributed by atoms with E-state index in [1.165, 1.54) is 6.08 Å². The van der Waals surface area contributed by atoms with Crippen LogP contribution in [0, 0.1) is 5.41 Å². The molecule has 0 amide bonds. The van der Waals surface area contributed by atoms with E-state index in [0.717, 1.165) is 88.3 Å². The molecule has 0 aliphatic rings. The fourth-order valence-corrected chi connectivity index (χ4v) is 6.24. The highest BCUT2D eigenvalue weighted by Crippen LogP contribution is 2.31. The van der Waals surface area contributed by atoms with Crippen LogP contribution in [-0.4, -0.2) is 54.3 Å². The Morgan fingerprint density at radius 1 is 0.596 bits per heavy atom. The standard InChI is InChI=1S/C49H56O8/c1-4-37-32-41(17-25-46(37)56-31-28-49(3,34-50)35-51)39-13-10-36(11-14-39)12-27-48(53)57-47-26-18-42(33-38(47)5-2)40-15-21-44(22-16-40)54-29-8-6-7-9-30-55-45-23-19-43(52)20-24-45/h10-27,32-33,50-52H,4-9,28-31,34-35H2,1-3H3/b27-12+. The summed E-state index contributed by atoms with van der Waals surface area (Å²) < 4.78 is 23.5. The molecule has 0 spiro atoms. The van der Waals surface area contributed by atoms with Crippen LogP contribution >= 0.6 is 0 Å². The normalized spacial score (nSPS) is 11.5. The van der Waals surface area contributed by atoms with E-state index in [-0.39, 0.29) is 19.0 Å². The molecule has 57 heavy (non-hydrogen) atoms. The number of aryl methyl sites for hydroxylation is 2. The number of benzene rings is 5. The highest BCUT2D eigenvalue weighted by atomic mass is 16.5. The molecule has 0 atom stereocenters. The van der Waals surface area contributed by atoms with Gasteiger partial charge in [0.2, 0.25) is 0 Å². The van der Waals surface area contributed by atoms with Gasteiger partial charge in [0.05, 0.1) is 33.0 Å². The average Bonchev–Trinajstić information content (AvgIpc) is 3.25. The lowest BCUT2D eigenvalue weighted by Gasteiger charge is -2.24. The summed E-state index contributed by atoms with van der Waals surface area (Å²) in [5, 5.41) is 28.5. The number of rotatable bonds is 22. The minimum absolute atomic E-state index is 0.0910. The Labute approximate surface area is 337 Å². The van der Waals surface area contributed by atoms with Gasteiger partial charge in [-0.05, 0) is 151 Å². The van der Waals surface area contributed by atoms with E-state index in [0.29, 0.717) is 38.4 Å². The summed E-state index contributed by atoms with van der Waals surface area (Å²) in [5.41, 5.74) is 6.57. The maximum absolute atomic E-state index is 12.9. The third-order valence-corrected chi connectivity index (χ3v) is 10.1. The molecule has 0 radical (unpaired) electrons. The maximum Gasteiger partial charge on any atom is 0.336 e. The molecule has 3 N–H and O–H groups in total. The monoisotopic (exact) mass is 772 g/mol. The molecular weight excluding hydrogens is 717 g/mol. The largest absolute Gasteiger partial charge is 0.508 e. The number of esters is 1. The first-order valence-electron chi connectivity index (χ1n) is 20.0. The number of hydrogen-bond acceptors (Lipinski definition) is 8. The van der Waals surface area contributed by atoms with Crippen molar-refractivity contribution < 1.29 is 39.1 Å². The van der Waals surface area contributed by atoms with Gasteiger partial charge in [-0.2, -0.15) is 0 Å². The fourth-order valence-electron chi connectivity index (χ4n) is 6.24. The van der Waals surface area contributed by atoms with E-state index in [1.54, 1.807) is 30.3 Å². The van der Waals surface area contributed by atoms with Crippen molar-refractivity contribution in [1.82, 2.24) is 0 Å². The number of aromatic hydroxyl groups is 1. The van der Waals surface area contributed by atoms with Crippen LogP contribution < -0.4 is 18.9 Å². The summed E-state index contributed by atoms with van der Waals surface area (Å²) in [6.07, 6.45) is 9.34. The zero-order valence-corrected chi connectivity index (χ0v) is 33.4. The van der Waals surface area contributed by atoms with E-state index in [4.69, 9.17) is 18.9 Å². The number of carbonyl (C=O) groups is 1. The summed E-state index contributed by atoms with van der Waals surface area (Å²) in [7, 11) is 0. The van der Waals surface area contributed by atoms with E-state index in [1.807, 2.05) is 86.6 Å². The smallest absolute Gasteiger partial charge is 0.336 e. The highest BCUT2D eigenvalue weighted by molar-refractivity contribution is 5.89. The number of unbranched alkanes of at least 4 members (excludes halogenated alkanes) is 3. The number of aliphatic hydroxyl groups excluding tert-OH is 2. The second-order valence-corrected chi connectivity index (χ2v) is 14.6. The molecule has 0 bridgehead atoms. The molecule has 5 rings (SSSR count). The molecule has 0 aliphatic carbocycles. The lowest BCUT2D eigenvalue weighted by atomic mass is 9.89. The lowest BCUT2D eigenvalue weighted by Crippen LogP contribution is -2.28. The molecule has 0 unspecified atom stereocenters. The van der Waals surface area contributed by atoms with Crippen molar-refractivity contribution in [2.75, 3.05) is 33.0 Å². The minimum atomic E-state index is -0.564. The summed E-state index contributed by atoms with van der Waals surface area (Å²) in [5.74, 6) is 2.76. The SMILES string of the molecule is CCc1cc(-c2ccc(/C=C/C(=O)Oc3ccc(-c4ccc(OCCCCCCOc5ccc(O)cc5)cc4)cc3CC)cc2)ccc1OCCC(C)(CO)CO. The van der Waals surface area contributed by atoms with Gasteiger partial charge < -0.3 is 34.3 Å². The molecule has 300 valence electrons. The van der Waals surface area contributed by atoms with Crippen LogP contribution in [0.3, 0.4) is 0 Å².